The van der Waals surface area contributed by atoms with E-state index in [9.17, 15) is 13.2 Å². The molecule has 0 aliphatic carbocycles. The van der Waals surface area contributed by atoms with Gasteiger partial charge >= 0.3 is 6.18 Å². The minimum absolute atomic E-state index is 0.0277. The van der Waals surface area contributed by atoms with E-state index in [1.54, 1.807) is 12.1 Å². The molecule has 2 aromatic heterocycles. The molecular weight excluding hydrogens is 323 g/mol. The predicted molar refractivity (Wildman–Crippen MR) is 80.3 cm³/mol. The van der Waals surface area contributed by atoms with E-state index in [2.05, 4.69) is 20.4 Å². The zero-order valence-electron chi connectivity index (χ0n) is 12.5. The molecular formula is C15H14F3N5O. The fourth-order valence-electron chi connectivity index (χ4n) is 2.23. The van der Waals surface area contributed by atoms with Crippen LogP contribution in [0.15, 0.2) is 36.7 Å². The second kappa shape index (κ2) is 6.44. The molecule has 0 aliphatic rings. The van der Waals surface area contributed by atoms with Gasteiger partial charge in [0.15, 0.2) is 5.69 Å². The smallest absolute Gasteiger partial charge is 0.392 e. The van der Waals surface area contributed by atoms with Crippen molar-refractivity contribution in [1.29, 1.82) is 0 Å². The molecule has 0 aliphatic heterocycles. The first-order chi connectivity index (χ1) is 11.5. The average Bonchev–Trinajstić information content (AvgIpc) is 3.03. The Balaban J connectivity index is 1.75. The van der Waals surface area contributed by atoms with Crippen molar-refractivity contribution in [2.45, 2.75) is 19.2 Å². The van der Waals surface area contributed by atoms with Crippen molar-refractivity contribution in [3.63, 3.8) is 0 Å². The first kappa shape index (κ1) is 16.2. The summed E-state index contributed by atoms with van der Waals surface area (Å²) in [6, 6.07) is 8.26. The molecule has 0 saturated carbocycles. The quantitative estimate of drug-likeness (QED) is 0.747. The van der Waals surface area contributed by atoms with Crippen molar-refractivity contribution in [3.05, 3.63) is 53.5 Å². The van der Waals surface area contributed by atoms with Crippen LogP contribution in [0.5, 0.6) is 0 Å². The van der Waals surface area contributed by atoms with Crippen LogP contribution in [0.3, 0.4) is 0 Å². The molecule has 9 heteroatoms. The van der Waals surface area contributed by atoms with Gasteiger partial charge in [0.25, 0.3) is 5.78 Å². The molecule has 0 spiro atoms. The van der Waals surface area contributed by atoms with Crippen LogP contribution in [-0.2, 0) is 19.2 Å². The second-order valence-corrected chi connectivity index (χ2v) is 5.15. The number of aliphatic hydroxyl groups is 1. The van der Waals surface area contributed by atoms with E-state index in [1.807, 2.05) is 12.1 Å². The highest BCUT2D eigenvalue weighted by Crippen LogP contribution is 2.29. The third-order valence-electron chi connectivity index (χ3n) is 3.47. The number of nitrogens with one attached hydrogen (secondary N) is 1. The van der Waals surface area contributed by atoms with Crippen LogP contribution in [0.4, 0.5) is 19.0 Å². The summed E-state index contributed by atoms with van der Waals surface area (Å²) in [6.45, 7) is 0.384. The highest BCUT2D eigenvalue weighted by molar-refractivity contribution is 5.45. The lowest BCUT2D eigenvalue weighted by Gasteiger charge is -2.11. The summed E-state index contributed by atoms with van der Waals surface area (Å²) in [5.41, 5.74) is 0.789. The Morgan fingerprint density at radius 2 is 1.83 bits per heavy atom. The lowest BCUT2D eigenvalue weighted by Crippen LogP contribution is -2.14. The van der Waals surface area contributed by atoms with Crippen LogP contribution >= 0.6 is 0 Å². The van der Waals surface area contributed by atoms with E-state index in [1.165, 1.54) is 4.52 Å². The van der Waals surface area contributed by atoms with Gasteiger partial charge < -0.3 is 10.4 Å². The number of rotatable bonds is 5. The molecule has 2 heterocycles. The molecule has 2 N–H and O–H groups in total. The molecule has 0 bridgehead atoms. The lowest BCUT2D eigenvalue weighted by atomic mass is 10.1. The highest BCUT2D eigenvalue weighted by atomic mass is 19.4. The van der Waals surface area contributed by atoms with Crippen molar-refractivity contribution >= 4 is 11.6 Å². The van der Waals surface area contributed by atoms with Gasteiger partial charge in [-0.3, -0.25) is 0 Å². The third-order valence-corrected chi connectivity index (χ3v) is 3.47. The number of aliphatic hydroxyl groups excluding tert-OH is 1. The largest absolute Gasteiger partial charge is 0.433 e. The Kier molecular flexibility index (Phi) is 4.34. The van der Waals surface area contributed by atoms with Crippen LogP contribution in [0.25, 0.3) is 5.78 Å². The number of hydrogen-bond acceptors (Lipinski definition) is 5. The van der Waals surface area contributed by atoms with Crippen LogP contribution in [0.2, 0.25) is 0 Å². The Morgan fingerprint density at radius 1 is 1.12 bits per heavy atom. The molecule has 126 valence electrons. The monoisotopic (exact) mass is 337 g/mol. The lowest BCUT2D eigenvalue weighted by molar-refractivity contribution is -0.141. The van der Waals surface area contributed by atoms with Crippen molar-refractivity contribution in [2.75, 3.05) is 11.9 Å². The maximum absolute atomic E-state index is 12.9. The highest BCUT2D eigenvalue weighted by Gasteiger charge is 2.34. The van der Waals surface area contributed by atoms with Crippen molar-refractivity contribution in [1.82, 2.24) is 19.6 Å². The fourth-order valence-corrected chi connectivity index (χ4v) is 2.23. The molecule has 0 unspecified atom stereocenters. The first-order valence-corrected chi connectivity index (χ1v) is 7.18. The summed E-state index contributed by atoms with van der Waals surface area (Å²) in [7, 11) is 0. The molecule has 0 fully saturated rings. The van der Waals surface area contributed by atoms with Crippen LogP contribution in [0, 0.1) is 0 Å². The summed E-state index contributed by atoms with van der Waals surface area (Å²) < 4.78 is 39.9. The normalized spacial score (nSPS) is 11.8. The number of hydrogen-bond donors (Lipinski definition) is 2. The summed E-state index contributed by atoms with van der Waals surface area (Å²) in [4.78, 5) is 7.17. The number of alkyl halides is 3. The maximum Gasteiger partial charge on any atom is 0.433 e. The van der Waals surface area contributed by atoms with Crippen molar-refractivity contribution in [2.24, 2.45) is 0 Å². The fraction of sp³-hybridized carbons (Fsp3) is 0.267. The van der Waals surface area contributed by atoms with Gasteiger partial charge in [-0.05, 0) is 17.5 Å². The predicted octanol–water partition coefficient (Wildman–Crippen LogP) is 2.29. The SMILES string of the molecule is OCc1ccc(CCNc2cc(C(F)(F)F)nc3ncnn23)cc1. The average molecular weight is 337 g/mol. The number of nitrogens with zero attached hydrogens (tertiary/aromatic N) is 4. The molecule has 0 amide bonds. The second-order valence-electron chi connectivity index (χ2n) is 5.15. The van der Waals surface area contributed by atoms with Crippen LogP contribution in [-0.4, -0.2) is 31.2 Å². The minimum atomic E-state index is -4.55. The van der Waals surface area contributed by atoms with E-state index < -0.39 is 11.9 Å². The number of halogens is 3. The van der Waals surface area contributed by atoms with Crippen LogP contribution < -0.4 is 5.32 Å². The molecule has 1 aromatic carbocycles. The van der Waals surface area contributed by atoms with E-state index in [4.69, 9.17) is 5.11 Å². The van der Waals surface area contributed by atoms with Crippen LogP contribution in [0.1, 0.15) is 16.8 Å². The summed E-state index contributed by atoms with van der Waals surface area (Å²) >= 11 is 0. The van der Waals surface area contributed by atoms with Gasteiger partial charge in [0.1, 0.15) is 12.1 Å². The Labute approximate surface area is 135 Å². The van der Waals surface area contributed by atoms with Crippen molar-refractivity contribution in [3.8, 4) is 0 Å². The zero-order valence-corrected chi connectivity index (χ0v) is 12.5. The molecule has 6 nitrogen and oxygen atoms in total. The number of fused-ring (bicyclic) bond motifs is 1. The van der Waals surface area contributed by atoms with Gasteiger partial charge in [-0.15, -0.1) is 0 Å². The van der Waals surface area contributed by atoms with Gasteiger partial charge in [-0.1, -0.05) is 24.3 Å². The van der Waals surface area contributed by atoms with Gasteiger partial charge in [-0.2, -0.15) is 27.8 Å². The number of benzene rings is 1. The van der Waals surface area contributed by atoms with E-state index in [-0.39, 0.29) is 18.2 Å². The van der Waals surface area contributed by atoms with E-state index >= 15 is 0 Å². The van der Waals surface area contributed by atoms with E-state index in [0.29, 0.717) is 13.0 Å². The molecule has 0 atom stereocenters. The summed E-state index contributed by atoms with van der Waals surface area (Å²) in [6.07, 6.45) is -2.79. The Morgan fingerprint density at radius 3 is 2.50 bits per heavy atom. The standard InChI is InChI=1S/C15H14F3N5O/c16-15(17,18)12-7-13(23-14(22-12)20-9-21-23)19-6-5-10-1-3-11(8-24)4-2-10/h1-4,7,9,19,24H,5-6,8H2. The first-order valence-electron chi connectivity index (χ1n) is 7.18. The molecule has 3 aromatic rings. The minimum Gasteiger partial charge on any atom is -0.392 e. The number of aromatic nitrogens is 4. The Bertz CT molecular complexity index is 829. The van der Waals surface area contributed by atoms with Gasteiger partial charge in [-0.25, -0.2) is 4.98 Å². The molecule has 0 saturated heterocycles. The molecule has 0 radical (unpaired) electrons. The molecule has 24 heavy (non-hydrogen) atoms. The topological polar surface area (TPSA) is 75.3 Å². The van der Waals surface area contributed by atoms with E-state index in [0.717, 1.165) is 23.5 Å². The number of anilines is 1. The maximum atomic E-state index is 12.9. The van der Waals surface area contributed by atoms with Gasteiger partial charge in [0.05, 0.1) is 6.61 Å². The third kappa shape index (κ3) is 3.46. The summed E-state index contributed by atoms with van der Waals surface area (Å²) in [5.74, 6) is 0.0661. The van der Waals surface area contributed by atoms with Gasteiger partial charge in [0, 0.05) is 12.6 Å². The zero-order chi connectivity index (χ0) is 17.2. The Hall–Kier alpha value is -2.68. The van der Waals surface area contributed by atoms with Crippen molar-refractivity contribution < 1.29 is 18.3 Å². The van der Waals surface area contributed by atoms with Gasteiger partial charge in [0.2, 0.25) is 0 Å². The summed E-state index contributed by atoms with van der Waals surface area (Å²) in [5, 5.41) is 15.8. The molecule has 3 rings (SSSR count).